The van der Waals surface area contributed by atoms with Gasteiger partial charge in [-0.25, -0.2) is 0 Å². The Labute approximate surface area is 82.7 Å². The predicted octanol–water partition coefficient (Wildman–Crippen LogP) is 2.60. The van der Waals surface area contributed by atoms with E-state index in [-0.39, 0.29) is 0 Å². The number of fused-ring (bicyclic) bond motifs is 1. The van der Waals surface area contributed by atoms with Gasteiger partial charge in [-0.3, -0.25) is 0 Å². The molecule has 0 bridgehead atoms. The number of benzene rings is 1. The fourth-order valence-corrected chi connectivity index (χ4v) is 2.33. The second-order valence-corrected chi connectivity index (χ2v) is 3.97. The highest BCUT2D eigenvalue weighted by molar-refractivity contribution is 7.99. The summed E-state index contributed by atoms with van der Waals surface area (Å²) in [5.41, 5.74) is 1.17. The maximum Gasteiger partial charge on any atom is 0.143 e. The predicted molar refractivity (Wildman–Crippen MR) is 56.8 cm³/mol. The van der Waals surface area contributed by atoms with Gasteiger partial charge in [-0.2, -0.15) is 0 Å². The summed E-state index contributed by atoms with van der Waals surface area (Å²) in [6, 6.07) is 6.19. The number of rotatable bonds is 2. The first-order valence-corrected chi connectivity index (χ1v) is 5.53. The van der Waals surface area contributed by atoms with E-state index in [4.69, 9.17) is 4.74 Å². The van der Waals surface area contributed by atoms with Crippen molar-refractivity contribution in [2.45, 2.75) is 11.8 Å². The van der Waals surface area contributed by atoms with Crippen LogP contribution in [-0.4, -0.2) is 18.9 Å². The Hall–Kier alpha value is -0.830. The zero-order chi connectivity index (χ0) is 9.10. The van der Waals surface area contributed by atoms with E-state index in [0.29, 0.717) is 0 Å². The van der Waals surface area contributed by atoms with Gasteiger partial charge in [0, 0.05) is 17.2 Å². The minimum atomic E-state index is 0.725. The van der Waals surface area contributed by atoms with Crippen molar-refractivity contribution in [2.75, 3.05) is 24.2 Å². The molecule has 70 valence electrons. The van der Waals surface area contributed by atoms with E-state index in [1.807, 2.05) is 30.8 Å². The molecule has 3 heteroatoms. The average molecular weight is 195 g/mol. The van der Waals surface area contributed by atoms with Gasteiger partial charge in [0.1, 0.15) is 5.75 Å². The van der Waals surface area contributed by atoms with Gasteiger partial charge >= 0.3 is 0 Å². The molecule has 1 aliphatic heterocycles. The summed E-state index contributed by atoms with van der Waals surface area (Å²) in [6.07, 6.45) is 0. The number of thioether (sulfide) groups is 1. The van der Waals surface area contributed by atoms with E-state index in [1.54, 1.807) is 0 Å². The van der Waals surface area contributed by atoms with Crippen molar-refractivity contribution in [3.8, 4) is 5.75 Å². The summed E-state index contributed by atoms with van der Waals surface area (Å²) in [5, 5.41) is 3.37. The SMILES string of the molecule is CCOc1cccc2c1NCCS2. The van der Waals surface area contributed by atoms with Gasteiger partial charge in [-0.15, -0.1) is 11.8 Å². The number of para-hydroxylation sites is 1. The van der Waals surface area contributed by atoms with Crippen LogP contribution >= 0.6 is 11.8 Å². The molecule has 0 aromatic heterocycles. The summed E-state index contributed by atoms with van der Waals surface area (Å²) in [5.74, 6) is 2.12. The van der Waals surface area contributed by atoms with E-state index in [9.17, 15) is 0 Å². The molecule has 0 fully saturated rings. The lowest BCUT2D eigenvalue weighted by atomic mass is 10.3. The molecule has 0 amide bonds. The molecule has 0 radical (unpaired) electrons. The summed E-state index contributed by atoms with van der Waals surface area (Å²) < 4.78 is 5.53. The summed E-state index contributed by atoms with van der Waals surface area (Å²) in [7, 11) is 0. The van der Waals surface area contributed by atoms with Gasteiger partial charge < -0.3 is 10.1 Å². The molecule has 1 heterocycles. The second kappa shape index (κ2) is 3.92. The molecule has 2 nitrogen and oxygen atoms in total. The van der Waals surface area contributed by atoms with Crippen LogP contribution in [0.4, 0.5) is 5.69 Å². The Morgan fingerprint density at radius 1 is 1.54 bits per heavy atom. The van der Waals surface area contributed by atoms with Gasteiger partial charge in [0.25, 0.3) is 0 Å². The van der Waals surface area contributed by atoms with Gasteiger partial charge in [-0.1, -0.05) is 6.07 Å². The zero-order valence-corrected chi connectivity index (χ0v) is 8.49. The highest BCUT2D eigenvalue weighted by Crippen LogP contribution is 2.37. The van der Waals surface area contributed by atoms with E-state index in [1.165, 1.54) is 10.6 Å². The average Bonchev–Trinajstić information content (AvgIpc) is 2.19. The number of anilines is 1. The van der Waals surface area contributed by atoms with E-state index in [0.717, 1.165) is 24.7 Å². The Balaban J connectivity index is 2.34. The Morgan fingerprint density at radius 3 is 3.31 bits per heavy atom. The van der Waals surface area contributed by atoms with Crippen molar-refractivity contribution in [2.24, 2.45) is 0 Å². The minimum absolute atomic E-state index is 0.725. The van der Waals surface area contributed by atoms with Crippen molar-refractivity contribution < 1.29 is 4.74 Å². The molecule has 0 unspecified atom stereocenters. The molecular weight excluding hydrogens is 182 g/mol. The second-order valence-electron chi connectivity index (χ2n) is 2.84. The van der Waals surface area contributed by atoms with Crippen LogP contribution in [0.25, 0.3) is 0 Å². The number of hydrogen-bond acceptors (Lipinski definition) is 3. The molecular formula is C10H13NOS. The third-order valence-electron chi connectivity index (χ3n) is 1.95. The fraction of sp³-hybridized carbons (Fsp3) is 0.400. The highest BCUT2D eigenvalue weighted by Gasteiger charge is 2.12. The molecule has 1 N–H and O–H groups in total. The van der Waals surface area contributed by atoms with E-state index >= 15 is 0 Å². The number of hydrogen-bond donors (Lipinski definition) is 1. The molecule has 2 rings (SSSR count). The van der Waals surface area contributed by atoms with E-state index in [2.05, 4.69) is 11.4 Å². The lowest BCUT2D eigenvalue weighted by molar-refractivity contribution is 0.341. The first-order chi connectivity index (χ1) is 6.42. The van der Waals surface area contributed by atoms with Crippen molar-refractivity contribution in [3.05, 3.63) is 18.2 Å². The first-order valence-electron chi connectivity index (χ1n) is 4.54. The van der Waals surface area contributed by atoms with Crippen LogP contribution in [0.2, 0.25) is 0 Å². The molecule has 0 saturated heterocycles. The Kier molecular flexibility index (Phi) is 2.64. The van der Waals surface area contributed by atoms with Crippen LogP contribution in [0.3, 0.4) is 0 Å². The number of nitrogens with one attached hydrogen (secondary N) is 1. The van der Waals surface area contributed by atoms with Crippen LogP contribution in [0.1, 0.15) is 6.92 Å². The molecule has 1 aromatic carbocycles. The smallest absolute Gasteiger partial charge is 0.143 e. The standard InChI is InChI=1S/C10H13NOS/c1-2-12-8-4-3-5-9-10(8)11-6-7-13-9/h3-5,11H,2,6-7H2,1H3. The third kappa shape index (κ3) is 1.75. The summed E-state index contributed by atoms with van der Waals surface area (Å²) in [4.78, 5) is 1.30. The van der Waals surface area contributed by atoms with Crippen molar-refractivity contribution in [1.29, 1.82) is 0 Å². The van der Waals surface area contributed by atoms with Crippen LogP contribution in [0.5, 0.6) is 5.75 Å². The molecule has 1 aromatic rings. The minimum Gasteiger partial charge on any atom is -0.492 e. The molecule has 0 aliphatic carbocycles. The fourth-order valence-electron chi connectivity index (χ4n) is 1.42. The van der Waals surface area contributed by atoms with Gasteiger partial charge in [0.05, 0.1) is 12.3 Å². The van der Waals surface area contributed by atoms with Gasteiger partial charge in [-0.05, 0) is 19.1 Å². The van der Waals surface area contributed by atoms with Gasteiger partial charge in [0.2, 0.25) is 0 Å². The topological polar surface area (TPSA) is 21.3 Å². The van der Waals surface area contributed by atoms with Crippen molar-refractivity contribution >= 4 is 17.4 Å². The Bertz CT molecular complexity index is 301. The number of ether oxygens (including phenoxy) is 1. The lowest BCUT2D eigenvalue weighted by Crippen LogP contribution is -2.11. The lowest BCUT2D eigenvalue weighted by Gasteiger charge is -2.20. The third-order valence-corrected chi connectivity index (χ3v) is 3.01. The summed E-state index contributed by atoms with van der Waals surface area (Å²) >= 11 is 1.89. The van der Waals surface area contributed by atoms with Crippen molar-refractivity contribution in [1.82, 2.24) is 0 Å². The molecule has 1 aliphatic rings. The zero-order valence-electron chi connectivity index (χ0n) is 7.67. The normalized spacial score (nSPS) is 14.5. The molecule has 0 saturated carbocycles. The quantitative estimate of drug-likeness (QED) is 0.783. The van der Waals surface area contributed by atoms with Crippen LogP contribution < -0.4 is 10.1 Å². The van der Waals surface area contributed by atoms with Crippen LogP contribution in [0.15, 0.2) is 23.1 Å². The van der Waals surface area contributed by atoms with Gasteiger partial charge in [0.15, 0.2) is 0 Å². The maximum absolute atomic E-state index is 5.53. The van der Waals surface area contributed by atoms with E-state index < -0.39 is 0 Å². The Morgan fingerprint density at radius 2 is 2.46 bits per heavy atom. The molecule has 0 spiro atoms. The van der Waals surface area contributed by atoms with Crippen LogP contribution in [0, 0.1) is 0 Å². The molecule has 13 heavy (non-hydrogen) atoms. The maximum atomic E-state index is 5.53. The molecule has 0 atom stereocenters. The monoisotopic (exact) mass is 195 g/mol. The largest absolute Gasteiger partial charge is 0.492 e. The highest BCUT2D eigenvalue weighted by atomic mass is 32.2. The first kappa shape index (κ1) is 8.75. The van der Waals surface area contributed by atoms with Crippen LogP contribution in [-0.2, 0) is 0 Å². The summed E-state index contributed by atoms with van der Waals surface area (Å²) in [6.45, 7) is 3.76. The van der Waals surface area contributed by atoms with Crippen molar-refractivity contribution in [3.63, 3.8) is 0 Å².